The molecule has 2 aromatic heterocycles. The predicted molar refractivity (Wildman–Crippen MR) is 105 cm³/mol. The van der Waals surface area contributed by atoms with E-state index in [-0.39, 0.29) is 5.91 Å². The minimum atomic E-state index is 0.0843. The molecule has 0 aliphatic carbocycles. The Labute approximate surface area is 161 Å². The first-order valence-electron chi connectivity index (χ1n) is 8.37. The molecule has 0 aliphatic heterocycles. The van der Waals surface area contributed by atoms with Crippen molar-refractivity contribution in [1.29, 1.82) is 0 Å². The van der Waals surface area contributed by atoms with E-state index in [2.05, 4.69) is 34.6 Å². The first-order valence-corrected chi connectivity index (χ1v) is 10.2. The Morgan fingerprint density at radius 1 is 1.31 bits per heavy atom. The normalized spacial score (nSPS) is 10.9. The number of aromatic nitrogens is 4. The van der Waals surface area contributed by atoms with Crippen molar-refractivity contribution >= 4 is 29.0 Å². The van der Waals surface area contributed by atoms with Crippen LogP contribution in [0, 0.1) is 13.8 Å². The molecule has 0 unspecified atom stereocenters. The third-order valence-electron chi connectivity index (χ3n) is 4.01. The highest BCUT2D eigenvalue weighted by Gasteiger charge is 2.17. The molecule has 2 heterocycles. The number of carbonyl (C=O) groups excluding carboxylic acids is 1. The number of aryl methyl sites for hydroxylation is 2. The summed E-state index contributed by atoms with van der Waals surface area (Å²) in [5, 5.41) is 14.6. The van der Waals surface area contributed by atoms with Crippen LogP contribution >= 0.6 is 23.1 Å². The first kappa shape index (κ1) is 18.6. The zero-order valence-corrected chi connectivity index (χ0v) is 16.7. The highest BCUT2D eigenvalue weighted by molar-refractivity contribution is 7.99. The molecule has 136 valence electrons. The van der Waals surface area contributed by atoms with Gasteiger partial charge in [-0.2, -0.15) is 4.68 Å². The second-order valence-corrected chi connectivity index (χ2v) is 7.91. The van der Waals surface area contributed by atoms with Gasteiger partial charge < -0.3 is 4.90 Å². The summed E-state index contributed by atoms with van der Waals surface area (Å²) < 4.78 is 1.70. The molecule has 3 rings (SSSR count). The zero-order chi connectivity index (χ0) is 18.5. The number of hydrogen-bond acceptors (Lipinski definition) is 6. The van der Waals surface area contributed by atoms with Gasteiger partial charge in [-0.3, -0.25) is 4.79 Å². The van der Waals surface area contributed by atoms with Crippen LogP contribution in [-0.4, -0.2) is 43.3 Å². The summed E-state index contributed by atoms with van der Waals surface area (Å²) in [5.74, 6) is 0.394. The number of carbonyl (C=O) groups is 1. The second kappa shape index (κ2) is 8.46. The van der Waals surface area contributed by atoms with Crippen LogP contribution in [0.4, 0.5) is 0 Å². The standard InChI is InChI=1S/C18H21N5OS2/c1-4-22(11-15-6-5-9-25-15)17(24)12-26-18-19-20-21-23(18)16-8-7-13(2)10-14(16)3/h5-10H,4,11-12H2,1-3H3. The van der Waals surface area contributed by atoms with E-state index in [0.29, 0.717) is 24.0 Å². The summed E-state index contributed by atoms with van der Waals surface area (Å²) in [5.41, 5.74) is 3.22. The van der Waals surface area contributed by atoms with Crippen molar-refractivity contribution in [2.75, 3.05) is 12.3 Å². The van der Waals surface area contributed by atoms with Crippen LogP contribution in [-0.2, 0) is 11.3 Å². The van der Waals surface area contributed by atoms with E-state index in [1.807, 2.05) is 42.3 Å². The quantitative estimate of drug-likeness (QED) is 0.581. The number of thiophene rings is 1. The molecule has 0 bridgehead atoms. The molecule has 8 heteroatoms. The van der Waals surface area contributed by atoms with Gasteiger partial charge in [0.2, 0.25) is 11.1 Å². The van der Waals surface area contributed by atoms with Gasteiger partial charge in [0.25, 0.3) is 0 Å². The van der Waals surface area contributed by atoms with Gasteiger partial charge in [-0.1, -0.05) is 35.5 Å². The Morgan fingerprint density at radius 2 is 2.15 bits per heavy atom. The molecule has 0 spiro atoms. The van der Waals surface area contributed by atoms with E-state index in [0.717, 1.165) is 11.3 Å². The highest BCUT2D eigenvalue weighted by Crippen LogP contribution is 2.22. The maximum atomic E-state index is 12.6. The van der Waals surface area contributed by atoms with Crippen LogP contribution in [0.1, 0.15) is 22.9 Å². The third kappa shape index (κ3) is 4.31. The zero-order valence-electron chi connectivity index (χ0n) is 15.0. The van der Waals surface area contributed by atoms with Gasteiger partial charge in [0, 0.05) is 11.4 Å². The van der Waals surface area contributed by atoms with Crippen LogP contribution in [0.25, 0.3) is 5.69 Å². The number of benzene rings is 1. The fraction of sp³-hybridized carbons (Fsp3) is 0.333. The Kier molecular flexibility index (Phi) is 6.05. The van der Waals surface area contributed by atoms with Crippen molar-refractivity contribution in [3.05, 3.63) is 51.7 Å². The predicted octanol–water partition coefficient (Wildman–Crippen LogP) is 3.48. The molecule has 0 atom stereocenters. The van der Waals surface area contributed by atoms with Crippen molar-refractivity contribution in [3.63, 3.8) is 0 Å². The summed E-state index contributed by atoms with van der Waals surface area (Å²) in [6.07, 6.45) is 0. The molecule has 26 heavy (non-hydrogen) atoms. The van der Waals surface area contributed by atoms with Gasteiger partial charge in [-0.15, -0.1) is 16.4 Å². The fourth-order valence-corrected chi connectivity index (χ4v) is 4.15. The Bertz CT molecular complexity index is 876. The lowest BCUT2D eigenvalue weighted by molar-refractivity contribution is -0.128. The Morgan fingerprint density at radius 3 is 2.85 bits per heavy atom. The summed E-state index contributed by atoms with van der Waals surface area (Å²) >= 11 is 3.03. The average molecular weight is 388 g/mol. The van der Waals surface area contributed by atoms with E-state index in [1.165, 1.54) is 22.2 Å². The van der Waals surface area contributed by atoms with Gasteiger partial charge in [0.05, 0.1) is 18.0 Å². The summed E-state index contributed by atoms with van der Waals surface area (Å²) in [4.78, 5) is 15.6. The molecule has 1 amide bonds. The molecule has 6 nitrogen and oxygen atoms in total. The third-order valence-corrected chi connectivity index (χ3v) is 5.77. The highest BCUT2D eigenvalue weighted by atomic mass is 32.2. The summed E-state index contributed by atoms with van der Waals surface area (Å²) in [6.45, 7) is 7.41. The minimum Gasteiger partial charge on any atom is -0.337 e. The maximum Gasteiger partial charge on any atom is 0.233 e. The molecule has 0 saturated heterocycles. The average Bonchev–Trinajstić information content (AvgIpc) is 3.29. The van der Waals surface area contributed by atoms with Crippen LogP contribution in [0.2, 0.25) is 0 Å². The number of rotatable bonds is 7. The monoisotopic (exact) mass is 387 g/mol. The van der Waals surface area contributed by atoms with Gasteiger partial charge in [0.15, 0.2) is 0 Å². The molecule has 0 fully saturated rings. The second-order valence-electron chi connectivity index (χ2n) is 5.94. The Hall–Kier alpha value is -2.19. The lowest BCUT2D eigenvalue weighted by Gasteiger charge is -2.19. The van der Waals surface area contributed by atoms with Crippen molar-refractivity contribution in [2.45, 2.75) is 32.5 Å². The van der Waals surface area contributed by atoms with E-state index < -0.39 is 0 Å². The van der Waals surface area contributed by atoms with Crippen molar-refractivity contribution in [3.8, 4) is 5.69 Å². The topological polar surface area (TPSA) is 63.9 Å². The van der Waals surface area contributed by atoms with E-state index >= 15 is 0 Å². The van der Waals surface area contributed by atoms with Crippen molar-refractivity contribution in [1.82, 2.24) is 25.1 Å². The molecule has 0 aliphatic rings. The van der Waals surface area contributed by atoms with Crippen LogP contribution in [0.3, 0.4) is 0 Å². The molecule has 3 aromatic rings. The molecular formula is C18H21N5OS2. The smallest absolute Gasteiger partial charge is 0.233 e. The largest absolute Gasteiger partial charge is 0.337 e. The number of hydrogen-bond donors (Lipinski definition) is 0. The molecule has 1 aromatic carbocycles. The molecule has 0 N–H and O–H groups in total. The van der Waals surface area contributed by atoms with Crippen molar-refractivity contribution < 1.29 is 4.79 Å². The first-order chi connectivity index (χ1) is 12.6. The van der Waals surface area contributed by atoms with Gasteiger partial charge >= 0.3 is 0 Å². The van der Waals surface area contributed by atoms with Crippen LogP contribution < -0.4 is 0 Å². The lowest BCUT2D eigenvalue weighted by atomic mass is 10.1. The lowest BCUT2D eigenvalue weighted by Crippen LogP contribution is -2.31. The summed E-state index contributed by atoms with van der Waals surface area (Å²) in [7, 11) is 0. The van der Waals surface area contributed by atoms with Gasteiger partial charge in [-0.25, -0.2) is 0 Å². The number of nitrogens with zero attached hydrogens (tertiary/aromatic N) is 5. The van der Waals surface area contributed by atoms with Crippen LogP contribution in [0.15, 0.2) is 40.9 Å². The molecule has 0 radical (unpaired) electrons. The fourth-order valence-electron chi connectivity index (χ4n) is 2.65. The van der Waals surface area contributed by atoms with Crippen LogP contribution in [0.5, 0.6) is 0 Å². The number of tetrazole rings is 1. The minimum absolute atomic E-state index is 0.0843. The number of amides is 1. The molecule has 0 saturated carbocycles. The van der Waals surface area contributed by atoms with E-state index in [9.17, 15) is 4.79 Å². The van der Waals surface area contributed by atoms with E-state index in [4.69, 9.17) is 0 Å². The molecular weight excluding hydrogens is 366 g/mol. The maximum absolute atomic E-state index is 12.6. The number of thioether (sulfide) groups is 1. The Balaban J connectivity index is 1.68. The van der Waals surface area contributed by atoms with Gasteiger partial charge in [-0.05, 0) is 54.3 Å². The van der Waals surface area contributed by atoms with Gasteiger partial charge in [0.1, 0.15) is 0 Å². The summed E-state index contributed by atoms with van der Waals surface area (Å²) in [6, 6.07) is 10.2. The SMILES string of the molecule is CCN(Cc1cccs1)C(=O)CSc1nnnn1-c1ccc(C)cc1C. The van der Waals surface area contributed by atoms with Crippen molar-refractivity contribution in [2.24, 2.45) is 0 Å². The van der Waals surface area contributed by atoms with E-state index in [1.54, 1.807) is 16.0 Å².